The molecule has 0 heterocycles. The van der Waals surface area contributed by atoms with Crippen LogP contribution in [0.3, 0.4) is 0 Å². The fraction of sp³-hybridized carbons (Fsp3) is 0.704. The molecule has 2 bridgehead atoms. The van der Waals surface area contributed by atoms with Crippen LogP contribution in [0.15, 0.2) is 24.3 Å². The van der Waals surface area contributed by atoms with Crippen LogP contribution in [0, 0.1) is 46.8 Å². The summed E-state index contributed by atoms with van der Waals surface area (Å²) < 4.78 is 0. The first-order valence-corrected chi connectivity index (χ1v) is 12.3. The van der Waals surface area contributed by atoms with Crippen molar-refractivity contribution in [3.05, 3.63) is 29.8 Å². The van der Waals surface area contributed by atoms with Crippen LogP contribution in [-0.2, 0) is 9.59 Å². The van der Waals surface area contributed by atoms with E-state index in [2.05, 4.69) is 12.2 Å². The van der Waals surface area contributed by atoms with E-state index in [1.807, 2.05) is 45.0 Å². The van der Waals surface area contributed by atoms with E-state index in [0.717, 1.165) is 24.9 Å². The number of benzene rings is 1. The summed E-state index contributed by atoms with van der Waals surface area (Å²) in [5.41, 5.74) is 0.326. The maximum atomic E-state index is 14.1. The number of aryl methyl sites for hydroxylation is 1. The van der Waals surface area contributed by atoms with Crippen molar-refractivity contribution in [3.63, 3.8) is 0 Å². The number of fused-ring (bicyclic) bond motifs is 3. The maximum absolute atomic E-state index is 14.1. The van der Waals surface area contributed by atoms with Crippen molar-refractivity contribution in [2.24, 2.45) is 39.9 Å². The molecule has 1 unspecified atom stereocenters. The average molecular weight is 440 g/mol. The van der Waals surface area contributed by atoms with E-state index in [1.54, 1.807) is 0 Å². The Bertz CT molecular complexity index is 939. The molecule has 4 saturated carbocycles. The van der Waals surface area contributed by atoms with Gasteiger partial charge in [-0.15, -0.1) is 0 Å². The Labute approximate surface area is 191 Å². The minimum Gasteiger partial charge on any atom is -0.392 e. The first kappa shape index (κ1) is 22.1. The van der Waals surface area contributed by atoms with Crippen molar-refractivity contribution in [2.75, 3.05) is 11.9 Å². The molecule has 3 N–H and O–H groups in total. The molecule has 5 rings (SSSR count). The van der Waals surface area contributed by atoms with Crippen molar-refractivity contribution < 1.29 is 19.8 Å². The van der Waals surface area contributed by atoms with Crippen molar-refractivity contribution in [2.45, 2.75) is 72.0 Å². The van der Waals surface area contributed by atoms with E-state index in [0.29, 0.717) is 19.4 Å². The summed E-state index contributed by atoms with van der Waals surface area (Å²) in [6.07, 6.45) is 1.60. The van der Waals surface area contributed by atoms with Crippen LogP contribution in [0.2, 0.25) is 0 Å². The summed E-state index contributed by atoms with van der Waals surface area (Å²) in [4.78, 5) is 26.8. The van der Waals surface area contributed by atoms with Gasteiger partial charge in [-0.3, -0.25) is 9.59 Å². The summed E-state index contributed by atoms with van der Waals surface area (Å²) in [5.74, 6) is -0.175. The third-order valence-corrected chi connectivity index (χ3v) is 10.2. The SMILES string of the molecule is Cc1ccc(NCC2C(=O)[C@@]34[C@H](O)C[C@@H]5C(C)(C)C(=O)CC[C@@]5(C)[C@@H]3CC[C@@H]2[C@H]4O)cc1. The minimum absolute atomic E-state index is 0.0307. The van der Waals surface area contributed by atoms with Gasteiger partial charge in [0.1, 0.15) is 11.6 Å². The number of nitrogens with one attached hydrogen (secondary N) is 1. The molecular weight excluding hydrogens is 402 g/mol. The predicted molar refractivity (Wildman–Crippen MR) is 123 cm³/mol. The van der Waals surface area contributed by atoms with E-state index in [4.69, 9.17) is 0 Å². The average Bonchev–Trinajstić information content (AvgIpc) is 2.86. The normalized spacial score (nSPS) is 44.7. The molecule has 5 heteroatoms. The predicted octanol–water partition coefficient (Wildman–Crippen LogP) is 3.76. The number of carbonyl (C=O) groups excluding carboxylic acids is 2. The van der Waals surface area contributed by atoms with Crippen molar-refractivity contribution in [1.29, 1.82) is 0 Å². The number of ketones is 2. The Morgan fingerprint density at radius 3 is 2.41 bits per heavy atom. The van der Waals surface area contributed by atoms with Crippen LogP contribution in [-0.4, -0.2) is 40.5 Å². The van der Waals surface area contributed by atoms with E-state index in [9.17, 15) is 19.8 Å². The van der Waals surface area contributed by atoms with Crippen molar-refractivity contribution in [1.82, 2.24) is 0 Å². The highest BCUT2D eigenvalue weighted by molar-refractivity contribution is 5.93. The second-order valence-electron chi connectivity index (χ2n) is 11.8. The summed E-state index contributed by atoms with van der Waals surface area (Å²) in [6, 6.07) is 8.11. The summed E-state index contributed by atoms with van der Waals surface area (Å²) >= 11 is 0. The van der Waals surface area contributed by atoms with E-state index < -0.39 is 23.0 Å². The number of Topliss-reactive ketones (excluding diaryl/α,β-unsaturated/α-hetero) is 2. The number of hydrogen-bond acceptors (Lipinski definition) is 5. The third-order valence-electron chi connectivity index (χ3n) is 10.2. The number of hydrogen-bond donors (Lipinski definition) is 3. The Kier molecular flexibility index (Phi) is 4.93. The second kappa shape index (κ2) is 7.14. The van der Waals surface area contributed by atoms with Gasteiger partial charge in [-0.25, -0.2) is 0 Å². The van der Waals surface area contributed by atoms with Crippen LogP contribution in [0.5, 0.6) is 0 Å². The Morgan fingerprint density at radius 2 is 1.72 bits per heavy atom. The molecular formula is C27H37NO4. The van der Waals surface area contributed by atoms with Gasteiger partial charge in [0.15, 0.2) is 0 Å². The van der Waals surface area contributed by atoms with Gasteiger partial charge < -0.3 is 15.5 Å². The van der Waals surface area contributed by atoms with Gasteiger partial charge in [-0.05, 0) is 67.9 Å². The zero-order valence-electron chi connectivity index (χ0n) is 19.7. The molecule has 0 aromatic heterocycles. The highest BCUT2D eigenvalue weighted by Gasteiger charge is 2.75. The summed E-state index contributed by atoms with van der Waals surface area (Å²) in [6.45, 7) is 8.77. The highest BCUT2D eigenvalue weighted by Crippen LogP contribution is 2.70. The van der Waals surface area contributed by atoms with Crippen molar-refractivity contribution in [3.8, 4) is 0 Å². The van der Waals surface area contributed by atoms with Gasteiger partial charge in [0.2, 0.25) is 0 Å². The Morgan fingerprint density at radius 1 is 1.03 bits per heavy atom. The van der Waals surface area contributed by atoms with E-state index in [1.165, 1.54) is 5.56 Å². The van der Waals surface area contributed by atoms with Crippen molar-refractivity contribution >= 4 is 17.3 Å². The second-order valence-corrected chi connectivity index (χ2v) is 11.8. The van der Waals surface area contributed by atoms with Gasteiger partial charge >= 0.3 is 0 Å². The highest BCUT2D eigenvalue weighted by atomic mass is 16.3. The van der Waals surface area contributed by atoms with E-state index >= 15 is 0 Å². The molecule has 0 aliphatic heterocycles. The molecule has 174 valence electrons. The van der Waals surface area contributed by atoms with Gasteiger partial charge in [-0.1, -0.05) is 38.5 Å². The zero-order valence-corrected chi connectivity index (χ0v) is 19.7. The van der Waals surface area contributed by atoms with Gasteiger partial charge in [0, 0.05) is 30.0 Å². The lowest BCUT2D eigenvalue weighted by molar-refractivity contribution is -0.222. The molecule has 0 amide bonds. The lowest BCUT2D eigenvalue weighted by Gasteiger charge is -2.64. The Hall–Kier alpha value is -1.72. The minimum atomic E-state index is -1.09. The molecule has 0 radical (unpaired) electrons. The number of aliphatic hydroxyl groups excluding tert-OH is 2. The molecule has 1 spiro atoms. The fourth-order valence-electron chi connectivity index (χ4n) is 8.48. The van der Waals surface area contributed by atoms with Gasteiger partial charge in [-0.2, -0.15) is 0 Å². The van der Waals surface area contributed by atoms with Crippen LogP contribution in [0.4, 0.5) is 5.69 Å². The number of rotatable bonds is 3. The Balaban J connectivity index is 1.48. The lowest BCUT2D eigenvalue weighted by Crippen LogP contribution is -2.68. The van der Waals surface area contributed by atoms with Crippen LogP contribution >= 0.6 is 0 Å². The monoisotopic (exact) mass is 439 g/mol. The first-order chi connectivity index (χ1) is 15.0. The molecule has 1 aromatic rings. The molecule has 1 aromatic carbocycles. The van der Waals surface area contributed by atoms with E-state index in [-0.39, 0.29) is 40.7 Å². The van der Waals surface area contributed by atoms with Gasteiger partial charge in [0.25, 0.3) is 0 Å². The topological polar surface area (TPSA) is 86.6 Å². The first-order valence-electron chi connectivity index (χ1n) is 12.3. The standard InChI is InChI=1S/C27H37NO4/c1-15-5-7-16(8-6-15)28-14-18-17-9-10-19-26(4)12-11-21(29)25(2,3)20(26)13-22(30)27(19,23(17)31)24(18)32/h5-8,17-20,22-23,28,30-31H,9-14H2,1-4H3/t17-,18?,19-,20+,22+,23+,26-,27+/m0/s1. The molecule has 5 nitrogen and oxygen atoms in total. The summed E-state index contributed by atoms with van der Waals surface area (Å²) in [5, 5.41) is 26.5. The maximum Gasteiger partial charge on any atom is 0.149 e. The molecule has 0 saturated heterocycles. The van der Waals surface area contributed by atoms with Crippen LogP contribution in [0.1, 0.15) is 58.4 Å². The number of anilines is 1. The summed E-state index contributed by atoms with van der Waals surface area (Å²) in [7, 11) is 0. The molecule has 8 atom stereocenters. The smallest absolute Gasteiger partial charge is 0.149 e. The molecule has 4 aliphatic carbocycles. The largest absolute Gasteiger partial charge is 0.392 e. The third kappa shape index (κ3) is 2.70. The van der Waals surface area contributed by atoms with Crippen LogP contribution < -0.4 is 5.32 Å². The molecule has 4 fully saturated rings. The number of carbonyl (C=O) groups is 2. The quantitative estimate of drug-likeness (QED) is 0.668. The number of aliphatic hydroxyl groups is 2. The molecule has 32 heavy (non-hydrogen) atoms. The van der Waals surface area contributed by atoms with Gasteiger partial charge in [0.05, 0.1) is 17.6 Å². The zero-order chi connectivity index (χ0) is 23.1. The fourth-order valence-corrected chi connectivity index (χ4v) is 8.48. The molecule has 4 aliphatic rings. The van der Waals surface area contributed by atoms with Crippen LogP contribution in [0.25, 0.3) is 0 Å². The lowest BCUT2D eigenvalue weighted by atomic mass is 9.39.